The van der Waals surface area contributed by atoms with Gasteiger partial charge < -0.3 is 5.73 Å². The Kier molecular flexibility index (Phi) is 3.47. The second kappa shape index (κ2) is 4.75. The first-order valence-electron chi connectivity index (χ1n) is 4.96. The van der Waals surface area contributed by atoms with Crippen molar-refractivity contribution in [2.45, 2.75) is 6.18 Å². The molecule has 0 aliphatic carbocycles. The number of hydrogen-bond acceptors (Lipinski definition) is 2. The fraction of sp³-hybridized carbons (Fsp3) is 0.0833. The summed E-state index contributed by atoms with van der Waals surface area (Å²) < 4.78 is 38.7. The van der Waals surface area contributed by atoms with Crippen molar-refractivity contribution in [3.8, 4) is 11.1 Å². The van der Waals surface area contributed by atoms with Gasteiger partial charge in [0.25, 0.3) is 0 Å². The lowest BCUT2D eigenvalue weighted by atomic mass is 10.0. The number of nitrogens with zero attached hydrogens (tertiary/aromatic N) is 1. The first-order valence-corrected chi connectivity index (χ1v) is 6.04. The number of rotatable bonds is 1. The predicted octanol–water partition coefficient (Wildman–Crippen LogP) is 3.95. The molecule has 2 rings (SSSR count). The van der Waals surface area contributed by atoms with Crippen molar-refractivity contribution in [1.29, 1.82) is 0 Å². The molecule has 2 aromatic rings. The number of nitrogen functional groups attached to an aromatic ring is 1. The Hall–Kier alpha value is -1.31. The van der Waals surface area contributed by atoms with Crippen LogP contribution < -0.4 is 5.73 Å². The normalized spacial score (nSPS) is 11.6. The van der Waals surface area contributed by atoms with Gasteiger partial charge in [-0.3, -0.25) is 0 Å². The molecule has 0 atom stereocenters. The van der Waals surface area contributed by atoms with E-state index in [1.807, 2.05) is 22.6 Å². The van der Waals surface area contributed by atoms with Gasteiger partial charge in [0.1, 0.15) is 5.82 Å². The van der Waals surface area contributed by atoms with E-state index >= 15 is 0 Å². The van der Waals surface area contributed by atoms with E-state index in [9.17, 15) is 13.2 Å². The molecule has 0 amide bonds. The molecule has 0 bridgehead atoms. The molecule has 2 N–H and O–H groups in total. The Morgan fingerprint density at radius 1 is 1.17 bits per heavy atom. The Morgan fingerprint density at radius 3 is 2.56 bits per heavy atom. The van der Waals surface area contributed by atoms with Gasteiger partial charge >= 0.3 is 6.18 Å². The number of anilines is 1. The summed E-state index contributed by atoms with van der Waals surface area (Å²) in [6.07, 6.45) is -2.80. The van der Waals surface area contributed by atoms with Crippen molar-refractivity contribution < 1.29 is 13.2 Å². The van der Waals surface area contributed by atoms with Crippen molar-refractivity contribution in [2.75, 3.05) is 5.73 Å². The van der Waals surface area contributed by atoms with E-state index in [1.165, 1.54) is 6.07 Å². The van der Waals surface area contributed by atoms with Crippen LogP contribution in [0.1, 0.15) is 5.56 Å². The summed E-state index contributed by atoms with van der Waals surface area (Å²) >= 11 is 2.03. The van der Waals surface area contributed by atoms with E-state index in [0.717, 1.165) is 15.7 Å². The fourth-order valence-electron chi connectivity index (χ4n) is 1.54. The lowest BCUT2D eigenvalue weighted by molar-refractivity contribution is -0.137. The molecule has 0 fully saturated rings. The molecule has 0 saturated carbocycles. The van der Waals surface area contributed by atoms with Gasteiger partial charge in [-0.05, 0) is 46.4 Å². The fourth-order valence-corrected chi connectivity index (χ4v) is 1.99. The third-order valence-electron chi connectivity index (χ3n) is 2.39. The molecule has 2 nitrogen and oxygen atoms in total. The second-order valence-corrected chi connectivity index (χ2v) is 4.91. The Labute approximate surface area is 115 Å². The Bertz CT molecular complexity index is 582. The van der Waals surface area contributed by atoms with E-state index in [1.54, 1.807) is 18.3 Å². The van der Waals surface area contributed by atoms with E-state index in [0.29, 0.717) is 11.1 Å². The molecular formula is C12H8F3IN2. The van der Waals surface area contributed by atoms with Gasteiger partial charge in [-0.2, -0.15) is 13.2 Å². The van der Waals surface area contributed by atoms with Crippen molar-refractivity contribution in [2.24, 2.45) is 0 Å². The third-order valence-corrected chi connectivity index (χ3v) is 2.98. The molecule has 6 heteroatoms. The maximum Gasteiger partial charge on any atom is 0.416 e. The van der Waals surface area contributed by atoms with E-state index < -0.39 is 11.7 Å². The number of hydrogen-bond donors (Lipinski definition) is 1. The van der Waals surface area contributed by atoms with E-state index in [-0.39, 0.29) is 5.82 Å². The highest BCUT2D eigenvalue weighted by Gasteiger charge is 2.30. The summed E-state index contributed by atoms with van der Waals surface area (Å²) in [4.78, 5) is 3.94. The Balaban J connectivity index is 2.55. The maximum atomic E-state index is 12.6. The van der Waals surface area contributed by atoms with Crippen LogP contribution in [-0.4, -0.2) is 4.98 Å². The van der Waals surface area contributed by atoms with Gasteiger partial charge in [0.05, 0.1) is 5.56 Å². The van der Waals surface area contributed by atoms with Gasteiger partial charge in [0, 0.05) is 15.3 Å². The average Bonchev–Trinajstić information content (AvgIpc) is 2.31. The van der Waals surface area contributed by atoms with Crippen LogP contribution >= 0.6 is 22.6 Å². The number of halogens is 4. The number of nitrogens with two attached hydrogens (primary N) is 1. The first kappa shape index (κ1) is 13.1. The van der Waals surface area contributed by atoms with Crippen molar-refractivity contribution in [3.63, 3.8) is 0 Å². The lowest BCUT2D eigenvalue weighted by Gasteiger charge is -2.10. The smallest absolute Gasteiger partial charge is 0.383 e. The minimum absolute atomic E-state index is 0.217. The molecule has 0 saturated heterocycles. The molecule has 0 radical (unpaired) electrons. The second-order valence-electron chi connectivity index (χ2n) is 3.66. The molecule has 94 valence electrons. The minimum Gasteiger partial charge on any atom is -0.383 e. The van der Waals surface area contributed by atoms with Crippen molar-refractivity contribution in [1.82, 2.24) is 4.98 Å². The van der Waals surface area contributed by atoms with Crippen LogP contribution in [0, 0.1) is 3.57 Å². The molecule has 0 aliphatic rings. The summed E-state index contributed by atoms with van der Waals surface area (Å²) in [6, 6.07) is 6.75. The zero-order valence-electron chi connectivity index (χ0n) is 9.00. The summed E-state index contributed by atoms with van der Waals surface area (Å²) in [5.74, 6) is 0.217. The Morgan fingerprint density at radius 2 is 1.89 bits per heavy atom. The monoisotopic (exact) mass is 364 g/mol. The topological polar surface area (TPSA) is 38.9 Å². The van der Waals surface area contributed by atoms with Gasteiger partial charge in [-0.25, -0.2) is 4.98 Å². The molecule has 1 aromatic carbocycles. The van der Waals surface area contributed by atoms with Crippen LogP contribution in [0.5, 0.6) is 0 Å². The van der Waals surface area contributed by atoms with Crippen LogP contribution in [-0.2, 0) is 6.18 Å². The number of benzene rings is 1. The quantitative estimate of drug-likeness (QED) is 0.779. The molecule has 0 unspecified atom stereocenters. The predicted molar refractivity (Wildman–Crippen MR) is 71.8 cm³/mol. The summed E-state index contributed by atoms with van der Waals surface area (Å²) in [7, 11) is 0. The lowest BCUT2D eigenvalue weighted by Crippen LogP contribution is -2.05. The standard InChI is InChI=1S/C12H8F3IN2/c13-12(14,15)8-3-1-2-7(4-8)10-5-9(16)6-18-11(10)17/h1-6H,(H2,17,18). The number of aromatic nitrogens is 1. The molecule has 0 spiro atoms. The third kappa shape index (κ3) is 2.74. The highest BCUT2D eigenvalue weighted by atomic mass is 127. The number of alkyl halides is 3. The van der Waals surface area contributed by atoms with Crippen LogP contribution in [0.2, 0.25) is 0 Å². The molecular weight excluding hydrogens is 356 g/mol. The zero-order chi connectivity index (χ0) is 13.3. The molecule has 18 heavy (non-hydrogen) atoms. The number of pyridine rings is 1. The van der Waals surface area contributed by atoms with Crippen molar-refractivity contribution >= 4 is 28.4 Å². The van der Waals surface area contributed by atoms with Gasteiger partial charge in [-0.1, -0.05) is 12.1 Å². The van der Waals surface area contributed by atoms with Crippen LogP contribution in [0.3, 0.4) is 0 Å². The van der Waals surface area contributed by atoms with Gasteiger partial charge in [0.15, 0.2) is 0 Å². The molecule has 1 aromatic heterocycles. The first-order chi connectivity index (χ1) is 8.38. The van der Waals surface area contributed by atoms with E-state index in [4.69, 9.17) is 5.73 Å². The largest absolute Gasteiger partial charge is 0.416 e. The molecule has 1 heterocycles. The van der Waals surface area contributed by atoms with Crippen LogP contribution in [0.4, 0.5) is 19.0 Å². The highest BCUT2D eigenvalue weighted by molar-refractivity contribution is 14.1. The maximum absolute atomic E-state index is 12.6. The summed E-state index contributed by atoms with van der Waals surface area (Å²) in [6.45, 7) is 0. The van der Waals surface area contributed by atoms with Crippen LogP contribution in [0.15, 0.2) is 36.5 Å². The minimum atomic E-state index is -4.36. The molecule has 0 aliphatic heterocycles. The van der Waals surface area contributed by atoms with Gasteiger partial charge in [-0.15, -0.1) is 0 Å². The zero-order valence-corrected chi connectivity index (χ0v) is 11.2. The summed E-state index contributed by atoms with van der Waals surface area (Å²) in [5.41, 5.74) is 5.91. The van der Waals surface area contributed by atoms with Crippen LogP contribution in [0.25, 0.3) is 11.1 Å². The van der Waals surface area contributed by atoms with Crippen molar-refractivity contribution in [3.05, 3.63) is 45.7 Å². The van der Waals surface area contributed by atoms with E-state index in [2.05, 4.69) is 4.98 Å². The highest BCUT2D eigenvalue weighted by Crippen LogP contribution is 2.33. The average molecular weight is 364 g/mol. The summed E-state index contributed by atoms with van der Waals surface area (Å²) in [5, 5.41) is 0. The SMILES string of the molecule is Nc1ncc(I)cc1-c1cccc(C(F)(F)F)c1. The van der Waals surface area contributed by atoms with Gasteiger partial charge in [0.2, 0.25) is 0 Å².